The fraction of sp³-hybridized carbons (Fsp3) is 0.0870. The number of thiophene rings is 1. The van der Waals surface area contributed by atoms with E-state index in [4.69, 9.17) is 14.6 Å². The number of amides is 1. The third-order valence-corrected chi connectivity index (χ3v) is 7.77. The highest BCUT2D eigenvalue weighted by Crippen LogP contribution is 2.31. The standard InChI is InChI=1S/C14H9N3O2S2.C9H7N3OS/c1-7-15-11-9(21-7)5-4-8-12(11)19-14(16-8)17-13(18)10-3-2-6-20-10;1-4-11-7-6(14-4)3-2-5-8(7)13-9(10)12-5/h2-6H,1H3,(H,16,17,18);2-3H,1H3,(H2,10,12). The number of hydrogen-bond donors (Lipinski definition) is 2. The number of nitrogens with zero attached hydrogens (tertiary/aromatic N) is 4. The van der Waals surface area contributed by atoms with Gasteiger partial charge in [-0.2, -0.15) is 9.97 Å². The van der Waals surface area contributed by atoms with Crippen LogP contribution in [0.25, 0.3) is 42.6 Å². The number of benzene rings is 2. The van der Waals surface area contributed by atoms with Crippen molar-refractivity contribution >= 4 is 94.6 Å². The van der Waals surface area contributed by atoms with Crippen LogP contribution in [0.2, 0.25) is 0 Å². The Morgan fingerprint density at radius 2 is 1.49 bits per heavy atom. The summed E-state index contributed by atoms with van der Waals surface area (Å²) in [7, 11) is 0. The topological polar surface area (TPSA) is 133 Å². The molecule has 0 aliphatic rings. The first-order valence-corrected chi connectivity index (χ1v) is 12.9. The summed E-state index contributed by atoms with van der Waals surface area (Å²) in [6.07, 6.45) is 0. The first-order chi connectivity index (χ1) is 16.9. The molecule has 0 bridgehead atoms. The molecule has 9 nitrogen and oxygen atoms in total. The van der Waals surface area contributed by atoms with Crippen LogP contribution >= 0.6 is 34.0 Å². The van der Waals surface area contributed by atoms with Gasteiger partial charge in [-0.05, 0) is 49.6 Å². The molecule has 12 heteroatoms. The summed E-state index contributed by atoms with van der Waals surface area (Å²) >= 11 is 4.61. The molecule has 0 aliphatic heterocycles. The van der Waals surface area contributed by atoms with Crippen molar-refractivity contribution in [1.82, 2.24) is 19.9 Å². The Labute approximate surface area is 209 Å². The Kier molecular flexibility index (Phi) is 5.20. The third kappa shape index (κ3) is 4.01. The minimum atomic E-state index is -0.220. The van der Waals surface area contributed by atoms with Crippen LogP contribution in [0.1, 0.15) is 19.7 Å². The van der Waals surface area contributed by atoms with Gasteiger partial charge in [0.25, 0.3) is 11.9 Å². The Bertz CT molecular complexity index is 1790. The van der Waals surface area contributed by atoms with Gasteiger partial charge in [-0.15, -0.1) is 34.0 Å². The van der Waals surface area contributed by atoms with Crippen molar-refractivity contribution in [2.75, 3.05) is 11.1 Å². The van der Waals surface area contributed by atoms with E-state index in [2.05, 4.69) is 25.3 Å². The number of aryl methyl sites for hydroxylation is 2. The maximum atomic E-state index is 12.0. The molecule has 7 rings (SSSR count). The molecule has 5 heterocycles. The summed E-state index contributed by atoms with van der Waals surface area (Å²) in [5.74, 6) is -0.220. The number of aromatic nitrogens is 4. The lowest BCUT2D eigenvalue weighted by atomic mass is 10.3. The highest BCUT2D eigenvalue weighted by Gasteiger charge is 2.15. The van der Waals surface area contributed by atoms with E-state index in [9.17, 15) is 4.79 Å². The number of thiazole rings is 2. The van der Waals surface area contributed by atoms with Crippen molar-refractivity contribution in [3.05, 3.63) is 56.7 Å². The minimum absolute atomic E-state index is 0.193. The van der Waals surface area contributed by atoms with Gasteiger partial charge >= 0.3 is 6.01 Å². The second-order valence-corrected chi connectivity index (χ2v) is 10.9. The summed E-state index contributed by atoms with van der Waals surface area (Å²) in [4.78, 5) is 29.8. The third-order valence-electron chi connectivity index (χ3n) is 5.02. The van der Waals surface area contributed by atoms with Crippen LogP contribution in [0.4, 0.5) is 12.0 Å². The lowest BCUT2D eigenvalue weighted by Gasteiger charge is -1.96. The zero-order chi connectivity index (χ0) is 24.1. The van der Waals surface area contributed by atoms with E-state index in [-0.39, 0.29) is 17.9 Å². The van der Waals surface area contributed by atoms with E-state index in [0.717, 1.165) is 36.0 Å². The highest BCUT2D eigenvalue weighted by molar-refractivity contribution is 7.19. The largest absolute Gasteiger partial charge is 0.421 e. The number of rotatable bonds is 2. The summed E-state index contributed by atoms with van der Waals surface area (Å²) in [5.41, 5.74) is 9.88. The molecule has 1 amide bonds. The quantitative estimate of drug-likeness (QED) is 0.268. The number of nitrogens with two attached hydrogens (primary N) is 1. The van der Waals surface area contributed by atoms with E-state index >= 15 is 0 Å². The van der Waals surface area contributed by atoms with E-state index in [1.165, 1.54) is 11.3 Å². The van der Waals surface area contributed by atoms with Crippen LogP contribution in [0.5, 0.6) is 0 Å². The summed E-state index contributed by atoms with van der Waals surface area (Å²) in [6.45, 7) is 3.92. The molecular weight excluding hydrogens is 504 g/mol. The van der Waals surface area contributed by atoms with Crippen LogP contribution < -0.4 is 11.1 Å². The first-order valence-electron chi connectivity index (χ1n) is 10.4. The monoisotopic (exact) mass is 520 g/mol. The molecule has 0 saturated carbocycles. The van der Waals surface area contributed by atoms with E-state index < -0.39 is 0 Å². The molecule has 0 aliphatic carbocycles. The molecule has 0 fully saturated rings. The van der Waals surface area contributed by atoms with E-state index in [1.54, 1.807) is 28.7 Å². The second kappa shape index (κ2) is 8.41. The predicted octanol–water partition coefficient (Wildman–Crippen LogP) is 6.39. The van der Waals surface area contributed by atoms with Crippen LogP contribution in [0, 0.1) is 13.8 Å². The molecule has 0 radical (unpaired) electrons. The van der Waals surface area contributed by atoms with Gasteiger partial charge in [-0.3, -0.25) is 10.1 Å². The average Bonchev–Trinajstić information content (AvgIpc) is 3.62. The number of oxazole rings is 2. The van der Waals surface area contributed by atoms with E-state index in [0.29, 0.717) is 21.6 Å². The number of carbonyl (C=O) groups excluding carboxylic acids is 1. The van der Waals surface area contributed by atoms with Crippen LogP contribution in [-0.4, -0.2) is 25.8 Å². The number of nitrogen functional groups attached to an aromatic ring is 1. The van der Waals surface area contributed by atoms with Gasteiger partial charge in [0.15, 0.2) is 11.2 Å². The van der Waals surface area contributed by atoms with Crippen LogP contribution in [-0.2, 0) is 0 Å². The fourth-order valence-electron chi connectivity index (χ4n) is 3.61. The molecule has 0 unspecified atom stereocenters. The molecule has 0 saturated heterocycles. The Morgan fingerprint density at radius 1 is 0.857 bits per heavy atom. The van der Waals surface area contributed by atoms with Crippen molar-refractivity contribution in [3.63, 3.8) is 0 Å². The normalized spacial score (nSPS) is 11.4. The molecule has 7 aromatic rings. The van der Waals surface area contributed by atoms with Gasteiger partial charge in [-0.1, -0.05) is 6.07 Å². The lowest BCUT2D eigenvalue weighted by Crippen LogP contribution is -2.10. The Morgan fingerprint density at radius 3 is 2.11 bits per heavy atom. The molecule has 5 aromatic heterocycles. The zero-order valence-electron chi connectivity index (χ0n) is 18.4. The molecule has 174 valence electrons. The number of nitrogens with one attached hydrogen (secondary N) is 1. The molecule has 2 aromatic carbocycles. The minimum Gasteiger partial charge on any atom is -0.421 e. The van der Waals surface area contributed by atoms with Gasteiger partial charge in [0.1, 0.15) is 22.1 Å². The fourth-order valence-corrected chi connectivity index (χ4v) is 5.88. The highest BCUT2D eigenvalue weighted by atomic mass is 32.1. The Balaban J connectivity index is 0.000000141. The van der Waals surface area contributed by atoms with Crippen molar-refractivity contribution in [1.29, 1.82) is 0 Å². The SMILES string of the molecule is Cc1nc2c(ccc3nc(N)oc32)s1.Cc1nc2c(ccc3nc(NC(=O)c4cccs4)oc32)s1. The summed E-state index contributed by atoms with van der Waals surface area (Å²) in [5, 5.41) is 6.51. The second-order valence-electron chi connectivity index (χ2n) is 7.49. The Hall–Kier alpha value is -3.87. The van der Waals surface area contributed by atoms with Crippen molar-refractivity contribution in [2.24, 2.45) is 0 Å². The number of fused-ring (bicyclic) bond motifs is 6. The van der Waals surface area contributed by atoms with E-state index in [1.807, 2.05) is 49.6 Å². The van der Waals surface area contributed by atoms with Crippen molar-refractivity contribution in [2.45, 2.75) is 13.8 Å². The van der Waals surface area contributed by atoms with Gasteiger partial charge in [0, 0.05) is 0 Å². The predicted molar refractivity (Wildman–Crippen MR) is 141 cm³/mol. The number of carbonyl (C=O) groups is 1. The van der Waals surface area contributed by atoms with Crippen molar-refractivity contribution < 1.29 is 13.6 Å². The van der Waals surface area contributed by atoms with Gasteiger partial charge in [0.05, 0.1) is 24.3 Å². The van der Waals surface area contributed by atoms with Crippen LogP contribution in [0.3, 0.4) is 0 Å². The number of hydrogen-bond acceptors (Lipinski definition) is 11. The molecular formula is C23H16N6O3S3. The lowest BCUT2D eigenvalue weighted by molar-refractivity contribution is 0.102. The smallest absolute Gasteiger partial charge is 0.302 e. The molecule has 0 spiro atoms. The van der Waals surface area contributed by atoms with Crippen molar-refractivity contribution in [3.8, 4) is 0 Å². The number of anilines is 2. The maximum Gasteiger partial charge on any atom is 0.302 e. The molecule has 0 atom stereocenters. The van der Waals surface area contributed by atoms with Gasteiger partial charge in [0.2, 0.25) is 0 Å². The summed E-state index contributed by atoms with van der Waals surface area (Å²) in [6, 6.07) is 11.7. The van der Waals surface area contributed by atoms with Gasteiger partial charge < -0.3 is 14.6 Å². The maximum absolute atomic E-state index is 12.0. The summed E-state index contributed by atoms with van der Waals surface area (Å²) < 4.78 is 13.1. The van der Waals surface area contributed by atoms with Gasteiger partial charge in [-0.25, -0.2) is 9.97 Å². The van der Waals surface area contributed by atoms with Crippen LogP contribution in [0.15, 0.2) is 50.6 Å². The average molecular weight is 521 g/mol. The first kappa shape index (κ1) is 21.6. The molecule has 35 heavy (non-hydrogen) atoms. The zero-order valence-corrected chi connectivity index (χ0v) is 20.8. The molecule has 3 N–H and O–H groups in total.